The Labute approximate surface area is 559 Å². The van der Waals surface area contributed by atoms with Crippen molar-refractivity contribution >= 4 is 23.8 Å². The second kappa shape index (κ2) is 36.4. The summed E-state index contributed by atoms with van der Waals surface area (Å²) in [5, 5.41) is 258. The molecule has 21 aliphatic heterocycles. The Balaban J connectivity index is 1.05. The van der Waals surface area contributed by atoms with E-state index >= 15 is 0 Å². The van der Waals surface area contributed by atoms with Gasteiger partial charge in [-0.1, -0.05) is 0 Å². The number of ether oxygens (including phenoxy) is 14. The molecule has 35 atom stereocenters. The number of carboxylic acids is 3. The van der Waals surface area contributed by atoms with Gasteiger partial charge in [0.05, 0.1) is 65.8 Å². The number of carbonyl (C=O) groups is 4. The lowest BCUT2D eigenvalue weighted by atomic mass is 9.95. The average molecular weight is 1450 g/mol. The fraction of sp³-hybridized carbons (Fsp3) is 0.926. The van der Waals surface area contributed by atoms with Crippen LogP contribution in [0.5, 0.6) is 0 Å². The van der Waals surface area contributed by atoms with Gasteiger partial charge >= 0.3 is 17.9 Å². The van der Waals surface area contributed by atoms with Crippen LogP contribution in [0.4, 0.5) is 0 Å². The highest BCUT2D eigenvalue weighted by Crippen LogP contribution is 2.39. The highest BCUT2D eigenvalue weighted by molar-refractivity contribution is 5.79. The molecule has 99 heavy (non-hydrogen) atoms. The summed E-state index contributed by atoms with van der Waals surface area (Å²) in [4.78, 5) is 49.5. The third-order valence-electron chi connectivity index (χ3n) is 17.7. The molecule has 0 aromatic rings. The SMILES string of the molecule is O=C(O)CN(CCN(CC(=O)O)CC(=O)NCCNC[C@H]1O[C@@H]2O[C@H]3[C@@H](O)[C@H](O)[C@@H](O[C@H]4[C@H](O)[C@@H](O)[C@@H](O[C@H]5[C@H](O)[C@@H](O)[C@@H](O[C@H]6[C@H](O)[C@@H](O)[C@@H](O[C@H]7[C@H](O)[C@@H](O)[C@@H](O[C@H]8[C@@H](O)[C@H](O)[C@@H](O[C@H]1[C@H](O)[C@@H]2O)O[C@@H]8CO)O[C@@H]7CO)O[C@@H]6CO)O[C@@H]5CO)O[C@@H]4CO)O[C@@H]3CO)CC(=O)O. The molecule has 0 unspecified atom stereocenters. The molecule has 21 rings (SSSR count). The van der Waals surface area contributed by atoms with E-state index in [1.807, 2.05) is 0 Å². The number of aliphatic hydroxyl groups is 20. The van der Waals surface area contributed by atoms with Gasteiger partial charge in [-0.25, -0.2) is 0 Å². The molecule has 45 heteroatoms. The Kier molecular flexibility index (Phi) is 29.8. The highest BCUT2D eigenvalue weighted by Gasteiger charge is 2.60. The number of nitrogens with zero attached hydrogens (tertiary/aromatic N) is 2. The number of nitrogens with one attached hydrogen (secondary N) is 2. The fourth-order valence-electron chi connectivity index (χ4n) is 12.5. The first-order chi connectivity index (χ1) is 47.0. The van der Waals surface area contributed by atoms with E-state index in [1.165, 1.54) is 0 Å². The first kappa shape index (κ1) is 81.1. The van der Waals surface area contributed by atoms with Crippen molar-refractivity contribution in [3.8, 4) is 0 Å². The van der Waals surface area contributed by atoms with Gasteiger partial charge < -0.3 is 194 Å². The second-order valence-corrected chi connectivity index (χ2v) is 24.6. The molecule has 21 saturated heterocycles. The Morgan fingerprint density at radius 1 is 0.273 bits per heavy atom. The smallest absolute Gasteiger partial charge is 0.317 e. The van der Waals surface area contributed by atoms with Crippen molar-refractivity contribution in [1.82, 2.24) is 20.4 Å². The third-order valence-corrected chi connectivity index (χ3v) is 17.7. The van der Waals surface area contributed by atoms with Crippen LogP contribution in [-0.4, -0.2) is 465 Å². The van der Waals surface area contributed by atoms with Crippen molar-refractivity contribution in [2.75, 3.05) is 98.5 Å². The molecule has 25 N–H and O–H groups in total. The van der Waals surface area contributed by atoms with Crippen LogP contribution in [0.15, 0.2) is 0 Å². The maximum atomic E-state index is 13.1. The number of carbonyl (C=O) groups excluding carboxylic acids is 1. The van der Waals surface area contributed by atoms with E-state index in [9.17, 15) is 137 Å². The summed E-state index contributed by atoms with van der Waals surface area (Å²) in [6, 6.07) is 0. The average Bonchev–Trinajstić information content (AvgIpc) is 0.791. The normalized spacial score (nSPS) is 45.6. The van der Waals surface area contributed by atoms with Gasteiger partial charge in [0.25, 0.3) is 0 Å². The molecule has 0 saturated carbocycles. The van der Waals surface area contributed by atoms with Crippen molar-refractivity contribution in [1.29, 1.82) is 0 Å². The number of hydrogen-bond donors (Lipinski definition) is 25. The van der Waals surface area contributed by atoms with E-state index in [0.29, 0.717) is 0 Å². The van der Waals surface area contributed by atoms with Crippen LogP contribution < -0.4 is 10.6 Å². The molecule has 21 heterocycles. The van der Waals surface area contributed by atoms with Crippen LogP contribution in [0, 0.1) is 0 Å². The standard InChI is InChI=1S/C54H90N4O41/c59-10-17-42-29(74)36(81)50(88-17)96-44-19(12-61)90-52(38(83)31(44)76)98-46-21(14-63)92-54(40(85)33(46)78)99-47-22(15-64)91-53(39(84)32(47)77)97-45-20(13-62)89-51(37(82)30(45)75)95-43-18(11-60)87-49(35(80)28(43)73)93-41-16(86-48(94-42)34(79)27(41)72)5-55-1-2-56-23(65)6-57(7-24(66)67)3-4-58(8-25(68)69)9-26(70)71/h16-22,27-55,59-64,72-85H,1-15H2,(H,56,65)(H,66,67)(H,68,69)(H,70,71)/t16-,17-,18-,19-,20-,21-,22-,27-,28+,29+,30-,31-,32-,33-,34+,35+,36+,37-,38-,39-,40-,41-,42-,43-,44-,45-,46-,47-,48-,49-,50-,51-,52-,53-,54-/m1/s1. The molecule has 0 radical (unpaired) electrons. The predicted octanol–water partition coefficient (Wildman–Crippen LogP) is -17.7. The maximum Gasteiger partial charge on any atom is 0.317 e. The lowest BCUT2D eigenvalue weighted by Gasteiger charge is -2.50. The number of rotatable bonds is 22. The molecule has 0 aromatic carbocycles. The highest BCUT2D eigenvalue weighted by atomic mass is 16.8. The van der Waals surface area contributed by atoms with Crippen molar-refractivity contribution < 1.29 is 203 Å². The molecule has 1 amide bonds. The molecule has 0 spiro atoms. The third kappa shape index (κ3) is 19.1. The number of hydrogen-bond acceptors (Lipinski definition) is 41. The number of aliphatic hydroxyl groups excluding tert-OH is 20. The minimum absolute atomic E-state index is 0.224. The van der Waals surface area contributed by atoms with E-state index in [-0.39, 0.29) is 26.2 Å². The lowest BCUT2D eigenvalue weighted by Crippen LogP contribution is -2.68. The van der Waals surface area contributed by atoms with Crippen LogP contribution in [0.25, 0.3) is 0 Å². The second-order valence-electron chi connectivity index (χ2n) is 24.6. The summed E-state index contributed by atoms with van der Waals surface area (Å²) in [5.41, 5.74) is 0. The molecule has 0 aliphatic carbocycles. The van der Waals surface area contributed by atoms with Crippen molar-refractivity contribution in [2.24, 2.45) is 0 Å². The summed E-state index contributed by atoms with van der Waals surface area (Å²) in [6.07, 6.45) is -72.6. The van der Waals surface area contributed by atoms with Crippen LogP contribution in [0.3, 0.4) is 0 Å². The first-order valence-corrected chi connectivity index (χ1v) is 31.4. The number of amides is 1. The summed E-state index contributed by atoms with van der Waals surface area (Å²) in [6.45, 7) is -11.0. The van der Waals surface area contributed by atoms with E-state index < -0.39 is 311 Å². The van der Waals surface area contributed by atoms with Gasteiger partial charge in [0.1, 0.15) is 171 Å². The van der Waals surface area contributed by atoms with Crippen molar-refractivity contribution in [3.05, 3.63) is 0 Å². The molecule has 45 nitrogen and oxygen atoms in total. The van der Waals surface area contributed by atoms with Gasteiger partial charge in [-0.3, -0.25) is 29.0 Å². The van der Waals surface area contributed by atoms with Gasteiger partial charge in [-0.05, 0) is 0 Å². The van der Waals surface area contributed by atoms with Crippen LogP contribution in [0.1, 0.15) is 0 Å². The molecule has 21 aliphatic rings. The summed E-state index contributed by atoms with van der Waals surface area (Å²) in [5.74, 6) is -4.93. The fourth-order valence-corrected chi connectivity index (χ4v) is 12.5. The van der Waals surface area contributed by atoms with E-state index in [2.05, 4.69) is 10.6 Å². The summed E-state index contributed by atoms with van der Waals surface area (Å²) >= 11 is 0. The Bertz CT molecular complexity index is 2520. The predicted molar refractivity (Wildman–Crippen MR) is 303 cm³/mol. The molecular formula is C54H90N4O41. The zero-order chi connectivity index (χ0) is 72.6. The van der Waals surface area contributed by atoms with Crippen LogP contribution in [0.2, 0.25) is 0 Å². The topological polar surface area (TPSA) is 693 Å². The van der Waals surface area contributed by atoms with Crippen LogP contribution >= 0.6 is 0 Å². The Morgan fingerprint density at radius 3 is 0.687 bits per heavy atom. The zero-order valence-corrected chi connectivity index (χ0v) is 52.3. The zero-order valence-electron chi connectivity index (χ0n) is 52.3. The minimum Gasteiger partial charge on any atom is -0.480 e. The van der Waals surface area contributed by atoms with Gasteiger partial charge in [0, 0.05) is 32.7 Å². The van der Waals surface area contributed by atoms with E-state index in [4.69, 9.17) is 66.3 Å². The maximum absolute atomic E-state index is 13.1. The summed E-state index contributed by atoms with van der Waals surface area (Å²) < 4.78 is 81.1. The first-order valence-electron chi connectivity index (χ1n) is 31.4. The number of aliphatic carboxylic acids is 3. The quantitative estimate of drug-likeness (QED) is 0.0448. The lowest BCUT2D eigenvalue weighted by molar-refractivity contribution is -0.396. The minimum atomic E-state index is -2.31. The monoisotopic (exact) mass is 1450 g/mol. The van der Waals surface area contributed by atoms with Gasteiger partial charge in [-0.2, -0.15) is 0 Å². The van der Waals surface area contributed by atoms with E-state index in [1.54, 1.807) is 0 Å². The van der Waals surface area contributed by atoms with Gasteiger partial charge in [0.15, 0.2) is 44.0 Å². The molecule has 572 valence electrons. The largest absolute Gasteiger partial charge is 0.480 e. The van der Waals surface area contributed by atoms with Crippen LogP contribution in [-0.2, 0) is 85.5 Å². The molecule has 0 aromatic heterocycles. The van der Waals surface area contributed by atoms with E-state index in [0.717, 1.165) is 9.80 Å². The van der Waals surface area contributed by atoms with Gasteiger partial charge in [0.2, 0.25) is 5.91 Å². The Hall–Kier alpha value is -3.60. The van der Waals surface area contributed by atoms with Crippen molar-refractivity contribution in [2.45, 2.75) is 215 Å². The molecule has 14 bridgehead atoms. The molecule has 21 fully saturated rings. The van der Waals surface area contributed by atoms with Crippen molar-refractivity contribution in [3.63, 3.8) is 0 Å². The summed E-state index contributed by atoms with van der Waals surface area (Å²) in [7, 11) is 0. The molecular weight excluding hydrogens is 1360 g/mol. The van der Waals surface area contributed by atoms with Gasteiger partial charge in [-0.15, -0.1) is 0 Å². The Morgan fingerprint density at radius 2 is 0.475 bits per heavy atom. The number of carboxylic acid groups (broad SMARTS) is 3.